The van der Waals surface area contributed by atoms with Crippen molar-refractivity contribution in [1.29, 1.82) is 0 Å². The lowest BCUT2D eigenvalue weighted by atomic mass is 9.87. The van der Waals surface area contributed by atoms with Crippen LogP contribution < -0.4 is 5.32 Å². The maximum atomic E-state index is 13.0. The molecule has 1 aromatic heterocycles. The lowest BCUT2D eigenvalue weighted by Gasteiger charge is -2.32. The number of rotatable bonds is 9. The SMILES string of the molecule is CCCCNC(=O)N1CCC(c2ccc3ncc(C(=O)CCC)c(Cc4ccccc4)c3c2)CC1. The molecule has 2 heterocycles. The normalized spacial score (nSPS) is 14.3. The predicted molar refractivity (Wildman–Crippen MR) is 142 cm³/mol. The molecule has 1 fully saturated rings. The Balaban J connectivity index is 1.59. The van der Waals surface area contributed by atoms with Crippen molar-refractivity contribution in [2.24, 2.45) is 0 Å². The number of hydrogen-bond donors (Lipinski definition) is 1. The summed E-state index contributed by atoms with van der Waals surface area (Å²) in [5, 5.41) is 4.11. The second-order valence-electron chi connectivity index (χ2n) is 9.61. The fraction of sp³-hybridized carbons (Fsp3) is 0.433. The molecule has 0 bridgehead atoms. The van der Waals surface area contributed by atoms with Gasteiger partial charge in [0.15, 0.2) is 5.78 Å². The van der Waals surface area contributed by atoms with Crippen LogP contribution in [0.4, 0.5) is 4.79 Å². The molecular formula is C30H37N3O2. The first-order valence-corrected chi connectivity index (χ1v) is 13.1. The number of likely N-dealkylation sites (tertiary alicyclic amines) is 1. The summed E-state index contributed by atoms with van der Waals surface area (Å²) in [4.78, 5) is 32.0. The molecule has 0 atom stereocenters. The van der Waals surface area contributed by atoms with Crippen LogP contribution >= 0.6 is 0 Å². The summed E-state index contributed by atoms with van der Waals surface area (Å²) in [6.07, 6.45) is 7.84. The van der Waals surface area contributed by atoms with E-state index >= 15 is 0 Å². The van der Waals surface area contributed by atoms with E-state index in [-0.39, 0.29) is 11.8 Å². The van der Waals surface area contributed by atoms with Crippen molar-refractivity contribution >= 4 is 22.7 Å². The van der Waals surface area contributed by atoms with Crippen LogP contribution in [0.25, 0.3) is 10.9 Å². The molecule has 1 saturated heterocycles. The summed E-state index contributed by atoms with van der Waals surface area (Å²) >= 11 is 0. The molecule has 0 saturated carbocycles. The first kappa shape index (κ1) is 24.9. The quantitative estimate of drug-likeness (QED) is 0.286. The lowest BCUT2D eigenvalue weighted by Crippen LogP contribution is -2.44. The minimum absolute atomic E-state index is 0.0591. The second kappa shape index (κ2) is 12.0. The van der Waals surface area contributed by atoms with Gasteiger partial charge in [-0.25, -0.2) is 4.79 Å². The van der Waals surface area contributed by atoms with Crippen molar-refractivity contribution in [2.45, 2.75) is 64.7 Å². The molecule has 4 rings (SSSR count). The average molecular weight is 472 g/mol. The molecule has 0 unspecified atom stereocenters. The first-order valence-electron chi connectivity index (χ1n) is 13.1. The number of fused-ring (bicyclic) bond motifs is 1. The van der Waals surface area contributed by atoms with Crippen molar-refractivity contribution in [3.63, 3.8) is 0 Å². The number of aromatic nitrogens is 1. The number of hydrogen-bond acceptors (Lipinski definition) is 3. The Labute approximate surface area is 208 Å². The van der Waals surface area contributed by atoms with Gasteiger partial charge in [-0.1, -0.05) is 56.7 Å². The van der Waals surface area contributed by atoms with E-state index in [0.717, 1.165) is 73.8 Å². The topological polar surface area (TPSA) is 62.3 Å². The Bertz CT molecular complexity index is 1150. The minimum atomic E-state index is 0.0591. The number of amides is 2. The van der Waals surface area contributed by atoms with Crippen LogP contribution in [-0.2, 0) is 6.42 Å². The van der Waals surface area contributed by atoms with E-state index < -0.39 is 0 Å². The molecule has 35 heavy (non-hydrogen) atoms. The van der Waals surface area contributed by atoms with E-state index in [0.29, 0.717) is 18.8 Å². The van der Waals surface area contributed by atoms with Gasteiger partial charge >= 0.3 is 6.03 Å². The molecule has 1 aliphatic rings. The van der Waals surface area contributed by atoms with Crippen LogP contribution in [0.5, 0.6) is 0 Å². The summed E-state index contributed by atoms with van der Waals surface area (Å²) < 4.78 is 0. The molecule has 2 aromatic carbocycles. The minimum Gasteiger partial charge on any atom is -0.338 e. The molecule has 2 amide bonds. The number of urea groups is 1. The Morgan fingerprint density at radius 1 is 1.03 bits per heavy atom. The molecule has 0 radical (unpaired) electrons. The molecule has 1 aliphatic heterocycles. The number of nitrogens with one attached hydrogen (secondary N) is 1. The molecule has 0 spiro atoms. The number of nitrogens with zero attached hydrogens (tertiary/aromatic N) is 2. The summed E-state index contributed by atoms with van der Waals surface area (Å²) in [6, 6.07) is 16.9. The van der Waals surface area contributed by atoms with Gasteiger partial charge in [0, 0.05) is 43.2 Å². The molecule has 0 aliphatic carbocycles. The van der Waals surface area contributed by atoms with Crippen LogP contribution in [0, 0.1) is 0 Å². The van der Waals surface area contributed by atoms with E-state index in [1.807, 2.05) is 30.0 Å². The van der Waals surface area contributed by atoms with Crippen LogP contribution in [0.2, 0.25) is 0 Å². The van der Waals surface area contributed by atoms with Gasteiger partial charge in [-0.2, -0.15) is 0 Å². The van der Waals surface area contributed by atoms with Crippen LogP contribution in [-0.4, -0.2) is 41.3 Å². The Kier molecular flexibility index (Phi) is 8.51. The number of Topliss-reactive ketones (excluding diaryl/α,β-unsaturated/α-hetero) is 1. The van der Waals surface area contributed by atoms with Crippen molar-refractivity contribution in [3.05, 3.63) is 77.0 Å². The van der Waals surface area contributed by atoms with Crippen molar-refractivity contribution in [2.75, 3.05) is 19.6 Å². The predicted octanol–water partition coefficient (Wildman–Crippen LogP) is 6.50. The third-order valence-electron chi connectivity index (χ3n) is 7.06. The Morgan fingerprint density at radius 2 is 1.80 bits per heavy atom. The van der Waals surface area contributed by atoms with Gasteiger partial charge in [0.2, 0.25) is 0 Å². The number of unbranched alkanes of at least 4 members (excludes halogenated alkanes) is 1. The van der Waals surface area contributed by atoms with E-state index in [9.17, 15) is 9.59 Å². The molecule has 184 valence electrons. The smallest absolute Gasteiger partial charge is 0.317 e. The number of carbonyl (C=O) groups is 2. The van der Waals surface area contributed by atoms with E-state index in [1.165, 1.54) is 11.1 Å². The fourth-order valence-corrected chi connectivity index (χ4v) is 5.01. The zero-order valence-electron chi connectivity index (χ0n) is 21.1. The van der Waals surface area contributed by atoms with Crippen LogP contribution in [0.3, 0.4) is 0 Å². The third-order valence-corrected chi connectivity index (χ3v) is 7.06. The first-order chi connectivity index (χ1) is 17.1. The largest absolute Gasteiger partial charge is 0.338 e. The molecule has 5 heteroatoms. The number of carbonyl (C=O) groups excluding carboxylic acids is 2. The summed E-state index contributed by atoms with van der Waals surface area (Å²) in [5.41, 5.74) is 5.23. The number of ketones is 1. The molecule has 1 N–H and O–H groups in total. The average Bonchev–Trinajstić information content (AvgIpc) is 2.89. The summed E-state index contributed by atoms with van der Waals surface area (Å²) in [6.45, 7) is 6.45. The Morgan fingerprint density at radius 3 is 2.51 bits per heavy atom. The fourth-order valence-electron chi connectivity index (χ4n) is 5.01. The van der Waals surface area contributed by atoms with Gasteiger partial charge in [-0.3, -0.25) is 9.78 Å². The van der Waals surface area contributed by atoms with E-state index in [4.69, 9.17) is 0 Å². The lowest BCUT2D eigenvalue weighted by molar-refractivity contribution is 0.0980. The van der Waals surface area contributed by atoms with E-state index in [1.54, 1.807) is 6.20 Å². The summed E-state index contributed by atoms with van der Waals surface area (Å²) in [5.74, 6) is 0.569. The second-order valence-corrected chi connectivity index (χ2v) is 9.61. The molecule has 3 aromatic rings. The zero-order valence-corrected chi connectivity index (χ0v) is 21.1. The molecular weight excluding hydrogens is 434 g/mol. The highest BCUT2D eigenvalue weighted by atomic mass is 16.2. The highest BCUT2D eigenvalue weighted by Gasteiger charge is 2.24. The van der Waals surface area contributed by atoms with Gasteiger partial charge in [0.1, 0.15) is 0 Å². The highest BCUT2D eigenvalue weighted by Crippen LogP contribution is 2.32. The van der Waals surface area contributed by atoms with Crippen LogP contribution in [0.15, 0.2) is 54.7 Å². The van der Waals surface area contributed by atoms with Gasteiger partial charge in [-0.15, -0.1) is 0 Å². The van der Waals surface area contributed by atoms with Gasteiger partial charge in [0.05, 0.1) is 5.52 Å². The van der Waals surface area contributed by atoms with Gasteiger partial charge < -0.3 is 10.2 Å². The van der Waals surface area contributed by atoms with Crippen molar-refractivity contribution < 1.29 is 9.59 Å². The maximum absolute atomic E-state index is 13.0. The number of piperidine rings is 1. The Hall–Kier alpha value is -3.21. The third kappa shape index (κ3) is 6.08. The van der Waals surface area contributed by atoms with E-state index in [2.05, 4.69) is 47.6 Å². The standard InChI is InChI=1S/C30H37N3O2/c1-3-5-16-31-30(35)33-17-14-23(15-18-33)24-12-13-28-26(20-24)25(19-22-10-7-6-8-11-22)27(21-32-28)29(34)9-4-2/h6-8,10-13,20-21,23H,3-5,9,14-19H2,1-2H3,(H,31,35). The van der Waals surface area contributed by atoms with Crippen molar-refractivity contribution in [3.8, 4) is 0 Å². The van der Waals surface area contributed by atoms with Crippen molar-refractivity contribution in [1.82, 2.24) is 15.2 Å². The van der Waals surface area contributed by atoms with Gasteiger partial charge in [-0.05, 0) is 66.8 Å². The number of benzene rings is 2. The van der Waals surface area contributed by atoms with Crippen LogP contribution in [0.1, 0.15) is 85.3 Å². The zero-order chi connectivity index (χ0) is 24.6. The highest BCUT2D eigenvalue weighted by molar-refractivity contribution is 6.01. The molecule has 5 nitrogen and oxygen atoms in total. The number of pyridine rings is 1. The monoisotopic (exact) mass is 471 g/mol. The summed E-state index contributed by atoms with van der Waals surface area (Å²) in [7, 11) is 0. The van der Waals surface area contributed by atoms with Gasteiger partial charge in [0.25, 0.3) is 0 Å². The maximum Gasteiger partial charge on any atom is 0.317 e.